The molecule has 0 saturated heterocycles. The van der Waals surface area contributed by atoms with Gasteiger partial charge in [-0.3, -0.25) is 13.9 Å². The van der Waals surface area contributed by atoms with Crippen LogP contribution in [0.3, 0.4) is 0 Å². The molecule has 2 amide bonds. The molecule has 1 aliphatic heterocycles. The fourth-order valence-electron chi connectivity index (χ4n) is 4.20. The SMILES string of the molecule is CC[C@H](C(=O)NCC(C)C)N(Cc1ccccc1Cl)C(=O)CCCN(c1ccc2c(c1)OCO2)S(C)(=O)=O. The molecule has 0 bridgehead atoms. The number of anilines is 1. The molecular formula is C27H36ClN3O6S. The van der Waals surface area contributed by atoms with E-state index in [-0.39, 0.29) is 50.5 Å². The smallest absolute Gasteiger partial charge is 0.242 e. The van der Waals surface area contributed by atoms with Gasteiger partial charge in [0.2, 0.25) is 28.6 Å². The van der Waals surface area contributed by atoms with Gasteiger partial charge in [-0.05, 0) is 42.5 Å². The van der Waals surface area contributed by atoms with Gasteiger partial charge in [-0.25, -0.2) is 8.42 Å². The van der Waals surface area contributed by atoms with Gasteiger partial charge in [0.15, 0.2) is 11.5 Å². The van der Waals surface area contributed by atoms with Crippen molar-refractivity contribution in [3.05, 3.63) is 53.1 Å². The van der Waals surface area contributed by atoms with Crippen molar-refractivity contribution in [1.29, 1.82) is 0 Å². The van der Waals surface area contributed by atoms with E-state index in [1.807, 2.05) is 32.9 Å². The zero-order chi connectivity index (χ0) is 27.9. The first-order valence-electron chi connectivity index (χ1n) is 12.7. The number of nitrogens with one attached hydrogen (secondary N) is 1. The van der Waals surface area contributed by atoms with Gasteiger partial charge in [0.1, 0.15) is 6.04 Å². The van der Waals surface area contributed by atoms with Gasteiger partial charge in [0.05, 0.1) is 11.9 Å². The summed E-state index contributed by atoms with van der Waals surface area (Å²) >= 11 is 6.38. The van der Waals surface area contributed by atoms with Crippen LogP contribution in [0.2, 0.25) is 5.02 Å². The van der Waals surface area contributed by atoms with Gasteiger partial charge >= 0.3 is 0 Å². The van der Waals surface area contributed by atoms with E-state index in [1.54, 1.807) is 35.2 Å². The Kier molecular flexibility index (Phi) is 10.3. The third-order valence-electron chi connectivity index (χ3n) is 6.17. The van der Waals surface area contributed by atoms with Crippen LogP contribution in [0.25, 0.3) is 0 Å². The van der Waals surface area contributed by atoms with Crippen LogP contribution in [0.1, 0.15) is 45.6 Å². The summed E-state index contributed by atoms with van der Waals surface area (Å²) in [5.74, 6) is 0.808. The normalized spacial score (nSPS) is 13.3. The lowest BCUT2D eigenvalue weighted by Gasteiger charge is -2.31. The van der Waals surface area contributed by atoms with Crippen molar-refractivity contribution in [1.82, 2.24) is 10.2 Å². The molecule has 3 rings (SSSR count). The summed E-state index contributed by atoms with van der Waals surface area (Å²) in [7, 11) is -3.63. The lowest BCUT2D eigenvalue weighted by molar-refractivity contribution is -0.141. The third-order valence-corrected chi connectivity index (χ3v) is 7.73. The second-order valence-electron chi connectivity index (χ2n) is 9.65. The minimum Gasteiger partial charge on any atom is -0.454 e. The molecule has 9 nitrogen and oxygen atoms in total. The van der Waals surface area contributed by atoms with Crippen molar-refractivity contribution in [3.8, 4) is 11.5 Å². The van der Waals surface area contributed by atoms with Crippen molar-refractivity contribution in [3.63, 3.8) is 0 Å². The monoisotopic (exact) mass is 565 g/mol. The van der Waals surface area contributed by atoms with Crippen LogP contribution in [0.5, 0.6) is 11.5 Å². The maximum Gasteiger partial charge on any atom is 0.242 e. The second kappa shape index (κ2) is 13.2. The summed E-state index contributed by atoms with van der Waals surface area (Å²) in [6, 6.07) is 11.4. The van der Waals surface area contributed by atoms with Crippen LogP contribution in [0, 0.1) is 5.92 Å². The third kappa shape index (κ3) is 7.77. The first-order valence-corrected chi connectivity index (χ1v) is 14.9. The number of rotatable bonds is 13. The number of carbonyl (C=O) groups is 2. The Morgan fingerprint density at radius 1 is 1.11 bits per heavy atom. The molecule has 0 fully saturated rings. The highest BCUT2D eigenvalue weighted by Crippen LogP contribution is 2.36. The first kappa shape index (κ1) is 29.6. The molecule has 1 heterocycles. The zero-order valence-electron chi connectivity index (χ0n) is 22.3. The van der Waals surface area contributed by atoms with E-state index >= 15 is 0 Å². The lowest BCUT2D eigenvalue weighted by atomic mass is 10.1. The second-order valence-corrected chi connectivity index (χ2v) is 12.0. The maximum absolute atomic E-state index is 13.5. The molecule has 0 saturated carbocycles. The molecule has 208 valence electrons. The average Bonchev–Trinajstić information content (AvgIpc) is 3.33. The molecule has 38 heavy (non-hydrogen) atoms. The van der Waals surface area contributed by atoms with Crippen LogP contribution in [0.15, 0.2) is 42.5 Å². The lowest BCUT2D eigenvalue weighted by Crippen LogP contribution is -2.49. The van der Waals surface area contributed by atoms with Crippen LogP contribution in [0.4, 0.5) is 5.69 Å². The van der Waals surface area contributed by atoms with E-state index in [0.29, 0.717) is 35.2 Å². The molecule has 2 aromatic rings. The van der Waals surface area contributed by atoms with E-state index in [2.05, 4.69) is 5.32 Å². The van der Waals surface area contributed by atoms with E-state index < -0.39 is 16.1 Å². The van der Waals surface area contributed by atoms with Gasteiger partial charge in [-0.1, -0.05) is 50.6 Å². The van der Waals surface area contributed by atoms with Crippen LogP contribution < -0.4 is 19.1 Å². The quantitative estimate of drug-likeness (QED) is 0.390. The van der Waals surface area contributed by atoms with Crippen LogP contribution >= 0.6 is 11.6 Å². The highest BCUT2D eigenvalue weighted by atomic mass is 35.5. The predicted molar refractivity (Wildman–Crippen MR) is 148 cm³/mol. The molecule has 0 spiro atoms. The summed E-state index contributed by atoms with van der Waals surface area (Å²) < 4.78 is 37.1. The van der Waals surface area contributed by atoms with Gasteiger partial charge in [0.25, 0.3) is 0 Å². The van der Waals surface area contributed by atoms with Crippen molar-refractivity contribution in [2.24, 2.45) is 5.92 Å². The zero-order valence-corrected chi connectivity index (χ0v) is 23.8. The Hall–Kier alpha value is -2.98. The van der Waals surface area contributed by atoms with E-state index in [1.165, 1.54) is 4.31 Å². The van der Waals surface area contributed by atoms with Gasteiger partial charge in [-0.2, -0.15) is 0 Å². The van der Waals surface area contributed by atoms with Crippen molar-refractivity contribution < 1.29 is 27.5 Å². The van der Waals surface area contributed by atoms with Crippen LogP contribution in [-0.4, -0.2) is 57.3 Å². The molecule has 0 unspecified atom stereocenters. The minimum absolute atomic E-state index is 0.0506. The first-order chi connectivity index (χ1) is 18.0. The molecular weight excluding hydrogens is 530 g/mol. The maximum atomic E-state index is 13.5. The average molecular weight is 566 g/mol. The molecule has 0 radical (unpaired) electrons. The Morgan fingerprint density at radius 2 is 1.82 bits per heavy atom. The Labute approximate surface area is 230 Å². The number of hydrogen-bond donors (Lipinski definition) is 1. The Bertz CT molecular complexity index is 1240. The molecule has 1 N–H and O–H groups in total. The Morgan fingerprint density at radius 3 is 2.47 bits per heavy atom. The number of ether oxygens (including phenoxy) is 2. The van der Waals surface area contributed by atoms with Gasteiger partial charge < -0.3 is 19.7 Å². The van der Waals surface area contributed by atoms with Gasteiger partial charge in [0, 0.05) is 37.1 Å². The topological polar surface area (TPSA) is 105 Å². The largest absolute Gasteiger partial charge is 0.454 e. The standard InChI is InChI=1S/C27H36ClN3O6S/c1-5-23(27(33)29-16-19(2)3)30(17-20-9-6-7-10-22(20)28)26(32)11-8-14-31(38(4,34)35)21-12-13-24-25(15-21)37-18-36-24/h6-7,9-10,12-13,15,19,23H,5,8,11,14,16-18H2,1-4H3,(H,29,33)/t23-/m1/s1. The highest BCUT2D eigenvalue weighted by Gasteiger charge is 2.29. The van der Waals surface area contributed by atoms with Crippen molar-refractivity contribution in [2.45, 2.75) is 52.6 Å². The summed E-state index contributed by atoms with van der Waals surface area (Å²) in [6.07, 6.45) is 1.85. The highest BCUT2D eigenvalue weighted by molar-refractivity contribution is 7.92. The fraction of sp³-hybridized carbons (Fsp3) is 0.481. The molecule has 0 aliphatic carbocycles. The minimum atomic E-state index is -3.63. The summed E-state index contributed by atoms with van der Waals surface area (Å²) in [6.45, 7) is 6.70. The summed E-state index contributed by atoms with van der Waals surface area (Å²) in [4.78, 5) is 28.1. The number of amides is 2. The molecule has 1 atom stereocenters. The number of carbonyl (C=O) groups excluding carboxylic acids is 2. The van der Waals surface area contributed by atoms with Gasteiger partial charge in [-0.15, -0.1) is 0 Å². The van der Waals surface area contributed by atoms with Crippen LogP contribution in [-0.2, 0) is 26.2 Å². The number of hydrogen-bond acceptors (Lipinski definition) is 6. The summed E-state index contributed by atoms with van der Waals surface area (Å²) in [5.41, 5.74) is 1.16. The fourth-order valence-corrected chi connectivity index (χ4v) is 5.35. The summed E-state index contributed by atoms with van der Waals surface area (Å²) in [5, 5.41) is 3.44. The van der Waals surface area contributed by atoms with E-state index in [4.69, 9.17) is 21.1 Å². The molecule has 0 aromatic heterocycles. The molecule has 11 heteroatoms. The van der Waals surface area contributed by atoms with Crippen molar-refractivity contribution in [2.75, 3.05) is 30.4 Å². The number of nitrogens with zero attached hydrogens (tertiary/aromatic N) is 2. The van der Waals surface area contributed by atoms with Crippen molar-refractivity contribution >= 4 is 39.1 Å². The van der Waals surface area contributed by atoms with E-state index in [0.717, 1.165) is 11.8 Å². The Balaban J connectivity index is 1.76. The number of sulfonamides is 1. The molecule has 1 aliphatic rings. The number of halogens is 1. The number of fused-ring (bicyclic) bond motifs is 1. The molecule has 2 aromatic carbocycles. The predicted octanol–water partition coefficient (Wildman–Crippen LogP) is 4.19. The van der Waals surface area contributed by atoms with E-state index in [9.17, 15) is 18.0 Å². The number of benzene rings is 2.